The lowest BCUT2D eigenvalue weighted by atomic mass is 9.37. The van der Waals surface area contributed by atoms with Gasteiger partial charge in [-0.15, -0.1) is 0 Å². The molecule has 2 saturated heterocycles. The molecule has 2 aliphatic heterocycles. The van der Waals surface area contributed by atoms with Crippen LogP contribution in [0.1, 0.15) is 33.1 Å². The van der Waals surface area contributed by atoms with Gasteiger partial charge in [0, 0.05) is 17.3 Å². The van der Waals surface area contributed by atoms with Crippen molar-refractivity contribution < 1.29 is 44.2 Å². The number of methoxy groups -OCH3 is 1. The number of carbonyl (C=O) groups is 2. The first-order valence-electron chi connectivity index (χ1n) is 10.7. The predicted molar refractivity (Wildman–Crippen MR) is 98.6 cm³/mol. The van der Waals surface area contributed by atoms with Crippen molar-refractivity contribution in [2.24, 2.45) is 34.5 Å². The van der Waals surface area contributed by atoms with Gasteiger partial charge in [-0.3, -0.25) is 4.79 Å². The molecule has 0 aromatic heterocycles. The number of esters is 2. The highest BCUT2D eigenvalue weighted by Gasteiger charge is 2.84. The Morgan fingerprint density at radius 3 is 2.57 bits per heavy atom. The van der Waals surface area contributed by atoms with Crippen molar-refractivity contribution in [2.45, 2.75) is 69.2 Å². The Bertz CT molecular complexity index is 786. The molecule has 0 radical (unpaired) electrons. The SMILES string of the molecule is COC(=O)[C@@]12OC[C@@]34[C@H](O)[C@H](O)[C@H]5[C@H](C)[C@@H](O)CC[C@]5(C)[C@H]3[C@@H](O)[C@@H]1OC(=O)C[C@@H]24. The lowest BCUT2D eigenvalue weighted by molar-refractivity contribution is -0.308. The summed E-state index contributed by atoms with van der Waals surface area (Å²) in [6.45, 7) is 3.71. The third-order valence-electron chi connectivity index (χ3n) is 9.38. The molecule has 3 aliphatic carbocycles. The molecule has 5 aliphatic rings. The maximum Gasteiger partial charge on any atom is 0.342 e. The zero-order valence-corrected chi connectivity index (χ0v) is 17.4. The van der Waals surface area contributed by atoms with Crippen molar-refractivity contribution in [2.75, 3.05) is 13.7 Å². The Hall–Kier alpha value is -1.26. The predicted octanol–water partition coefficient (Wildman–Crippen LogP) is -1.01. The average molecular weight is 426 g/mol. The third kappa shape index (κ3) is 2.02. The first-order valence-corrected chi connectivity index (χ1v) is 10.7. The minimum absolute atomic E-state index is 0.0981. The van der Waals surface area contributed by atoms with Gasteiger partial charge >= 0.3 is 11.9 Å². The fourth-order valence-corrected chi connectivity index (χ4v) is 8.30. The molecule has 0 unspecified atom stereocenters. The molecule has 5 fully saturated rings. The van der Waals surface area contributed by atoms with Crippen LogP contribution in [-0.4, -0.2) is 82.2 Å². The van der Waals surface area contributed by atoms with Gasteiger partial charge in [0.2, 0.25) is 5.60 Å². The summed E-state index contributed by atoms with van der Waals surface area (Å²) in [5.41, 5.74) is -3.58. The van der Waals surface area contributed by atoms with E-state index in [1.807, 2.05) is 13.8 Å². The lowest BCUT2D eigenvalue weighted by Gasteiger charge is -2.68. The Kier molecular flexibility index (Phi) is 4.24. The second-order valence-corrected chi connectivity index (χ2v) is 10.3. The van der Waals surface area contributed by atoms with Gasteiger partial charge in [-0.2, -0.15) is 0 Å². The van der Waals surface area contributed by atoms with Crippen LogP contribution in [0.4, 0.5) is 0 Å². The monoisotopic (exact) mass is 426 g/mol. The number of hydrogen-bond acceptors (Lipinski definition) is 9. The topological polar surface area (TPSA) is 143 Å². The summed E-state index contributed by atoms with van der Waals surface area (Å²) in [7, 11) is 1.20. The second kappa shape index (κ2) is 6.16. The van der Waals surface area contributed by atoms with E-state index >= 15 is 0 Å². The van der Waals surface area contributed by atoms with E-state index < -0.39 is 76.6 Å². The number of rotatable bonds is 1. The highest BCUT2D eigenvalue weighted by Crippen LogP contribution is 2.72. The van der Waals surface area contributed by atoms with Gasteiger partial charge in [-0.05, 0) is 30.1 Å². The van der Waals surface area contributed by atoms with Crippen LogP contribution in [0.5, 0.6) is 0 Å². The summed E-state index contributed by atoms with van der Waals surface area (Å²) in [5.74, 6) is -3.47. The number of ether oxygens (including phenoxy) is 3. The van der Waals surface area contributed by atoms with E-state index in [0.717, 1.165) is 0 Å². The summed E-state index contributed by atoms with van der Waals surface area (Å²) in [6.07, 6.45) is -4.85. The van der Waals surface area contributed by atoms with Crippen molar-refractivity contribution >= 4 is 11.9 Å². The Morgan fingerprint density at radius 1 is 1.20 bits per heavy atom. The molecule has 9 heteroatoms. The van der Waals surface area contributed by atoms with Crippen molar-refractivity contribution in [1.82, 2.24) is 0 Å². The summed E-state index contributed by atoms with van der Waals surface area (Å²) < 4.78 is 16.5. The summed E-state index contributed by atoms with van der Waals surface area (Å²) in [5, 5.41) is 44.8. The van der Waals surface area contributed by atoms with Gasteiger partial charge in [0.15, 0.2) is 6.10 Å². The van der Waals surface area contributed by atoms with Gasteiger partial charge < -0.3 is 34.6 Å². The first-order chi connectivity index (χ1) is 14.1. The summed E-state index contributed by atoms with van der Waals surface area (Å²) in [4.78, 5) is 25.3. The first kappa shape index (κ1) is 20.6. The fourth-order valence-electron chi connectivity index (χ4n) is 8.30. The lowest BCUT2D eigenvalue weighted by Crippen LogP contribution is -2.79. The summed E-state index contributed by atoms with van der Waals surface area (Å²) in [6, 6.07) is 0. The van der Waals surface area contributed by atoms with E-state index in [4.69, 9.17) is 14.2 Å². The van der Waals surface area contributed by atoms with E-state index in [9.17, 15) is 30.0 Å². The molecule has 30 heavy (non-hydrogen) atoms. The van der Waals surface area contributed by atoms with Crippen LogP contribution in [0, 0.1) is 34.5 Å². The largest absolute Gasteiger partial charge is 0.467 e. The molecule has 0 aromatic rings. The van der Waals surface area contributed by atoms with E-state index in [1.165, 1.54) is 7.11 Å². The Morgan fingerprint density at radius 2 is 1.90 bits per heavy atom. The molecule has 5 rings (SSSR count). The minimum atomic E-state index is -1.71. The molecule has 2 heterocycles. The van der Waals surface area contributed by atoms with Gasteiger partial charge in [0.1, 0.15) is 0 Å². The van der Waals surface area contributed by atoms with Crippen LogP contribution in [0.2, 0.25) is 0 Å². The van der Waals surface area contributed by atoms with Gasteiger partial charge in [-0.1, -0.05) is 13.8 Å². The molecule has 0 aromatic carbocycles. The molecule has 9 nitrogen and oxygen atoms in total. The van der Waals surface area contributed by atoms with Gasteiger partial charge in [0.05, 0.1) is 44.6 Å². The molecule has 1 spiro atoms. The van der Waals surface area contributed by atoms with Crippen LogP contribution in [0.3, 0.4) is 0 Å². The molecular weight excluding hydrogens is 396 g/mol. The van der Waals surface area contributed by atoms with Crippen LogP contribution in [0.25, 0.3) is 0 Å². The highest BCUT2D eigenvalue weighted by atomic mass is 16.6. The van der Waals surface area contributed by atoms with Crippen molar-refractivity contribution in [3.63, 3.8) is 0 Å². The number of aliphatic hydroxyl groups is 4. The fraction of sp³-hybridized carbons (Fsp3) is 0.905. The third-order valence-corrected chi connectivity index (χ3v) is 9.38. The highest BCUT2D eigenvalue weighted by molar-refractivity contribution is 5.86. The van der Waals surface area contributed by atoms with Gasteiger partial charge in [0.25, 0.3) is 0 Å². The van der Waals surface area contributed by atoms with Crippen molar-refractivity contribution in [1.29, 1.82) is 0 Å². The van der Waals surface area contributed by atoms with Crippen LogP contribution >= 0.6 is 0 Å². The molecule has 4 N–H and O–H groups in total. The average Bonchev–Trinajstić information content (AvgIpc) is 2.98. The Labute approximate surface area is 174 Å². The smallest absolute Gasteiger partial charge is 0.342 e. The quantitative estimate of drug-likeness (QED) is 0.388. The van der Waals surface area contributed by atoms with Crippen LogP contribution in [-0.2, 0) is 23.8 Å². The molecule has 12 atom stereocenters. The standard InChI is InChI=1S/C21H30O9/c1-8-9(22)4-5-19(2)12(8)13(24)16(26)20-7-29-21(18(27)28-3)10(20)6-11(23)30-17(21)14(25)15(19)20/h8-10,12-17,22,24-26H,4-7H2,1-3H3/t8-,9+,10-,12-,13-,14-,15-,16-,17+,19+,20+,21+/m1/s1. The zero-order valence-electron chi connectivity index (χ0n) is 17.4. The van der Waals surface area contributed by atoms with Crippen LogP contribution in [0.15, 0.2) is 0 Å². The molecule has 4 bridgehead atoms. The minimum Gasteiger partial charge on any atom is -0.467 e. The van der Waals surface area contributed by atoms with Crippen molar-refractivity contribution in [3.05, 3.63) is 0 Å². The maximum atomic E-state index is 12.9. The number of aliphatic hydroxyl groups excluding tert-OH is 4. The molecule has 168 valence electrons. The molecular formula is C21H30O9. The Balaban J connectivity index is 1.73. The van der Waals surface area contributed by atoms with Crippen molar-refractivity contribution in [3.8, 4) is 0 Å². The second-order valence-electron chi connectivity index (χ2n) is 10.3. The molecule has 3 saturated carbocycles. The van der Waals surface area contributed by atoms with E-state index in [-0.39, 0.29) is 18.9 Å². The normalized spacial score (nSPS) is 59.0. The van der Waals surface area contributed by atoms with E-state index in [0.29, 0.717) is 12.8 Å². The molecule has 0 amide bonds. The number of fused-ring (bicyclic) bond motifs is 2. The zero-order chi connectivity index (χ0) is 21.8. The number of carbonyl (C=O) groups excluding carboxylic acids is 2. The maximum absolute atomic E-state index is 12.9. The van der Waals surface area contributed by atoms with E-state index in [1.54, 1.807) is 0 Å². The van der Waals surface area contributed by atoms with E-state index in [2.05, 4.69) is 0 Å². The number of hydrogen-bond donors (Lipinski definition) is 4. The van der Waals surface area contributed by atoms with Crippen LogP contribution < -0.4 is 0 Å². The van der Waals surface area contributed by atoms with Gasteiger partial charge in [-0.25, -0.2) is 4.79 Å². The summed E-state index contributed by atoms with van der Waals surface area (Å²) >= 11 is 0.